The van der Waals surface area contributed by atoms with Crippen LogP contribution in [0.3, 0.4) is 0 Å². The molecule has 2 saturated heterocycles. The number of carbonyl (C=O) groups is 2. The molecule has 1 spiro atoms. The van der Waals surface area contributed by atoms with Crippen LogP contribution in [-0.2, 0) is 16.1 Å². The van der Waals surface area contributed by atoms with Crippen molar-refractivity contribution < 1.29 is 9.59 Å². The summed E-state index contributed by atoms with van der Waals surface area (Å²) in [4.78, 5) is 35.3. The van der Waals surface area contributed by atoms with E-state index in [1.54, 1.807) is 6.20 Å². The summed E-state index contributed by atoms with van der Waals surface area (Å²) < 4.78 is 0. The minimum Gasteiger partial charge on any atom is -0.343 e. The molecule has 0 aromatic carbocycles. The van der Waals surface area contributed by atoms with Gasteiger partial charge in [-0.25, -0.2) is 0 Å². The van der Waals surface area contributed by atoms with E-state index in [1.165, 1.54) is 0 Å². The van der Waals surface area contributed by atoms with Gasteiger partial charge in [-0.2, -0.15) is 0 Å². The number of pyridine rings is 1. The molecule has 0 unspecified atom stereocenters. The number of nitrogens with zero attached hydrogens (tertiary/aromatic N) is 4. The van der Waals surface area contributed by atoms with Crippen molar-refractivity contribution in [2.75, 3.05) is 33.2 Å². The standard InChI is InChI=1S/C18H26N4O2/c1-3-16(23)21-9-6-18(7-10-21)17(24)22(12-11-20(18)2)14-15-5-4-8-19-13-15/h4-5,8,13H,3,6-7,9-12,14H2,1-2H3. The van der Waals surface area contributed by atoms with Crippen LogP contribution in [0, 0.1) is 0 Å². The predicted molar refractivity (Wildman–Crippen MR) is 91.1 cm³/mol. The van der Waals surface area contributed by atoms with Crippen molar-refractivity contribution in [1.29, 1.82) is 0 Å². The molecule has 0 bridgehead atoms. The van der Waals surface area contributed by atoms with Crippen molar-refractivity contribution in [2.45, 2.75) is 38.3 Å². The molecule has 3 heterocycles. The van der Waals surface area contributed by atoms with Crippen LogP contribution in [0.5, 0.6) is 0 Å². The lowest BCUT2D eigenvalue weighted by atomic mass is 9.82. The number of hydrogen-bond acceptors (Lipinski definition) is 4. The summed E-state index contributed by atoms with van der Waals surface area (Å²) in [6.07, 6.45) is 5.54. The Hall–Kier alpha value is -1.95. The van der Waals surface area contributed by atoms with Gasteiger partial charge in [-0.1, -0.05) is 13.0 Å². The Morgan fingerprint density at radius 3 is 2.62 bits per heavy atom. The van der Waals surface area contributed by atoms with Gasteiger partial charge in [0, 0.05) is 51.5 Å². The fourth-order valence-corrected chi connectivity index (χ4v) is 3.85. The monoisotopic (exact) mass is 330 g/mol. The second-order valence-corrected chi connectivity index (χ2v) is 6.78. The zero-order valence-electron chi connectivity index (χ0n) is 14.6. The molecule has 3 rings (SSSR count). The van der Waals surface area contributed by atoms with Crippen LogP contribution in [0.1, 0.15) is 31.7 Å². The average molecular weight is 330 g/mol. The van der Waals surface area contributed by atoms with Gasteiger partial charge >= 0.3 is 0 Å². The van der Waals surface area contributed by atoms with E-state index < -0.39 is 5.54 Å². The van der Waals surface area contributed by atoms with Gasteiger partial charge in [0.05, 0.1) is 0 Å². The quantitative estimate of drug-likeness (QED) is 0.834. The molecule has 2 aliphatic heterocycles. The van der Waals surface area contributed by atoms with Crippen molar-refractivity contribution >= 4 is 11.8 Å². The molecule has 2 aliphatic rings. The first-order valence-corrected chi connectivity index (χ1v) is 8.74. The molecule has 2 fully saturated rings. The number of amides is 2. The topological polar surface area (TPSA) is 56.8 Å². The Bertz CT molecular complexity index is 596. The normalized spacial score (nSPS) is 21.3. The molecule has 6 nitrogen and oxygen atoms in total. The number of hydrogen-bond donors (Lipinski definition) is 0. The van der Waals surface area contributed by atoms with E-state index in [1.807, 2.05) is 42.1 Å². The van der Waals surface area contributed by atoms with Crippen LogP contribution in [-0.4, -0.2) is 70.3 Å². The van der Waals surface area contributed by atoms with Gasteiger partial charge in [0.1, 0.15) is 5.54 Å². The maximum atomic E-state index is 13.2. The van der Waals surface area contributed by atoms with Crippen molar-refractivity contribution in [3.05, 3.63) is 30.1 Å². The molecule has 2 amide bonds. The third-order valence-electron chi connectivity index (χ3n) is 5.46. The molecular formula is C18H26N4O2. The number of likely N-dealkylation sites (tertiary alicyclic amines) is 1. The van der Waals surface area contributed by atoms with Gasteiger partial charge in [0.2, 0.25) is 11.8 Å². The number of likely N-dealkylation sites (N-methyl/N-ethyl adjacent to an activating group) is 1. The zero-order chi connectivity index (χ0) is 17.2. The molecule has 0 radical (unpaired) electrons. The lowest BCUT2D eigenvalue weighted by Gasteiger charge is -2.51. The first-order valence-electron chi connectivity index (χ1n) is 8.74. The Morgan fingerprint density at radius 2 is 2.00 bits per heavy atom. The van der Waals surface area contributed by atoms with Crippen LogP contribution in [0.2, 0.25) is 0 Å². The van der Waals surface area contributed by atoms with Crippen LogP contribution in [0.4, 0.5) is 0 Å². The number of rotatable bonds is 3. The highest BCUT2D eigenvalue weighted by Gasteiger charge is 2.49. The maximum absolute atomic E-state index is 13.2. The van der Waals surface area contributed by atoms with E-state index in [4.69, 9.17) is 0 Å². The molecule has 6 heteroatoms. The fourth-order valence-electron chi connectivity index (χ4n) is 3.85. The summed E-state index contributed by atoms with van der Waals surface area (Å²) >= 11 is 0. The smallest absolute Gasteiger partial charge is 0.243 e. The van der Waals surface area contributed by atoms with Crippen molar-refractivity contribution in [3.8, 4) is 0 Å². The van der Waals surface area contributed by atoms with Gasteiger partial charge < -0.3 is 9.80 Å². The summed E-state index contributed by atoms with van der Waals surface area (Å²) in [5.41, 5.74) is 0.606. The summed E-state index contributed by atoms with van der Waals surface area (Å²) in [5.74, 6) is 0.381. The zero-order valence-corrected chi connectivity index (χ0v) is 14.6. The number of aromatic nitrogens is 1. The van der Waals surface area contributed by atoms with Gasteiger partial charge in [-0.05, 0) is 31.5 Å². The first-order chi connectivity index (χ1) is 11.6. The molecular weight excluding hydrogens is 304 g/mol. The van der Waals surface area contributed by atoms with Crippen molar-refractivity contribution in [1.82, 2.24) is 19.7 Å². The van der Waals surface area contributed by atoms with Crippen LogP contribution < -0.4 is 0 Å². The summed E-state index contributed by atoms with van der Waals surface area (Å²) in [7, 11) is 2.04. The first kappa shape index (κ1) is 16.9. The van der Waals surface area contributed by atoms with E-state index in [0.717, 1.165) is 31.5 Å². The SMILES string of the molecule is CCC(=O)N1CCC2(CC1)C(=O)N(Cc1cccnc1)CCN2C. The molecule has 0 N–H and O–H groups in total. The molecule has 1 aromatic heterocycles. The van der Waals surface area contributed by atoms with E-state index >= 15 is 0 Å². The second kappa shape index (κ2) is 6.89. The van der Waals surface area contributed by atoms with Crippen LogP contribution in [0.15, 0.2) is 24.5 Å². The van der Waals surface area contributed by atoms with Crippen LogP contribution in [0.25, 0.3) is 0 Å². The highest BCUT2D eigenvalue weighted by Crippen LogP contribution is 2.33. The third-order valence-corrected chi connectivity index (χ3v) is 5.46. The Labute approximate surface area is 143 Å². The summed E-state index contributed by atoms with van der Waals surface area (Å²) in [6.45, 7) is 5.45. The summed E-state index contributed by atoms with van der Waals surface area (Å²) in [5, 5.41) is 0. The van der Waals surface area contributed by atoms with E-state index in [2.05, 4.69) is 9.88 Å². The van der Waals surface area contributed by atoms with Gasteiger partial charge in [0.15, 0.2) is 0 Å². The van der Waals surface area contributed by atoms with Gasteiger partial charge in [-0.15, -0.1) is 0 Å². The average Bonchev–Trinajstić information content (AvgIpc) is 2.63. The molecule has 0 saturated carbocycles. The highest BCUT2D eigenvalue weighted by molar-refractivity contribution is 5.88. The summed E-state index contributed by atoms with van der Waals surface area (Å²) in [6, 6.07) is 3.91. The predicted octanol–water partition coefficient (Wildman–Crippen LogP) is 1.13. The minimum atomic E-state index is -0.453. The molecule has 0 atom stereocenters. The van der Waals surface area contributed by atoms with Crippen molar-refractivity contribution in [2.24, 2.45) is 0 Å². The Balaban J connectivity index is 1.73. The van der Waals surface area contributed by atoms with Gasteiger partial charge in [-0.3, -0.25) is 19.5 Å². The second-order valence-electron chi connectivity index (χ2n) is 6.78. The number of piperazine rings is 1. The fraction of sp³-hybridized carbons (Fsp3) is 0.611. The van der Waals surface area contributed by atoms with Crippen LogP contribution >= 0.6 is 0 Å². The minimum absolute atomic E-state index is 0.183. The highest BCUT2D eigenvalue weighted by atomic mass is 16.2. The van der Waals surface area contributed by atoms with E-state index in [0.29, 0.717) is 26.1 Å². The lowest BCUT2D eigenvalue weighted by Crippen LogP contribution is -2.67. The molecule has 130 valence electrons. The van der Waals surface area contributed by atoms with Crippen molar-refractivity contribution in [3.63, 3.8) is 0 Å². The largest absolute Gasteiger partial charge is 0.343 e. The lowest BCUT2D eigenvalue weighted by molar-refractivity contribution is -0.157. The Morgan fingerprint density at radius 1 is 1.25 bits per heavy atom. The van der Waals surface area contributed by atoms with E-state index in [9.17, 15) is 9.59 Å². The third kappa shape index (κ3) is 3.02. The number of carbonyl (C=O) groups excluding carboxylic acids is 2. The number of piperidine rings is 1. The molecule has 0 aliphatic carbocycles. The maximum Gasteiger partial charge on any atom is 0.243 e. The Kier molecular flexibility index (Phi) is 4.85. The molecule has 1 aromatic rings. The van der Waals surface area contributed by atoms with E-state index in [-0.39, 0.29) is 11.8 Å². The molecule has 24 heavy (non-hydrogen) atoms. The van der Waals surface area contributed by atoms with Gasteiger partial charge in [0.25, 0.3) is 0 Å².